The molecule has 0 atom stereocenters. The Kier molecular flexibility index (Phi) is 4.96. The third-order valence-electron chi connectivity index (χ3n) is 3.97. The fourth-order valence-electron chi connectivity index (χ4n) is 2.58. The van der Waals surface area contributed by atoms with Gasteiger partial charge in [0.15, 0.2) is 5.17 Å². The van der Waals surface area contributed by atoms with E-state index in [4.69, 9.17) is 4.42 Å². The van der Waals surface area contributed by atoms with Crippen LogP contribution in [-0.2, 0) is 4.79 Å². The van der Waals surface area contributed by atoms with E-state index in [-0.39, 0.29) is 17.4 Å². The molecule has 1 aromatic heterocycles. The van der Waals surface area contributed by atoms with Gasteiger partial charge in [0.2, 0.25) is 0 Å². The van der Waals surface area contributed by atoms with Crippen molar-refractivity contribution in [2.24, 2.45) is 4.99 Å². The number of nitro groups is 1. The molecule has 3 aromatic rings. The molecule has 9 heteroatoms. The van der Waals surface area contributed by atoms with E-state index < -0.39 is 4.92 Å². The second kappa shape index (κ2) is 7.72. The minimum Gasteiger partial charge on any atom is -0.457 e. The number of furan rings is 1. The molecule has 1 saturated heterocycles. The van der Waals surface area contributed by atoms with Crippen LogP contribution in [0.4, 0.5) is 15.8 Å². The topological polar surface area (TPSA) is 97.7 Å². The molecule has 1 aliphatic heterocycles. The van der Waals surface area contributed by atoms with Crippen molar-refractivity contribution >= 4 is 40.3 Å². The first-order valence-electron chi connectivity index (χ1n) is 8.38. The number of nitrogens with one attached hydrogen (secondary N) is 1. The number of hydrogen-bond donors (Lipinski definition) is 1. The summed E-state index contributed by atoms with van der Waals surface area (Å²) in [4.78, 5) is 27.1. The van der Waals surface area contributed by atoms with Crippen LogP contribution >= 0.6 is 11.8 Å². The molecule has 1 fully saturated rings. The van der Waals surface area contributed by atoms with Gasteiger partial charge in [0, 0.05) is 23.8 Å². The monoisotopic (exact) mass is 409 g/mol. The standard InChI is InChI=1S/C20H12FN3O4S/c21-13-3-5-14(6-4-13)22-20-23-19(25)18(29-20)11-16-9-10-17(28-16)12-1-7-15(8-2-12)24(26)27/h1-11H,(H,22,23,25). The van der Waals surface area contributed by atoms with Crippen molar-refractivity contribution in [3.05, 3.63) is 87.3 Å². The molecule has 1 N–H and O–H groups in total. The number of carbonyl (C=O) groups excluding carboxylic acids is 1. The van der Waals surface area contributed by atoms with Crippen LogP contribution in [-0.4, -0.2) is 16.0 Å². The van der Waals surface area contributed by atoms with Crippen LogP contribution in [0.15, 0.2) is 75.0 Å². The zero-order chi connectivity index (χ0) is 20.4. The van der Waals surface area contributed by atoms with Crippen LogP contribution in [0.3, 0.4) is 0 Å². The lowest BCUT2D eigenvalue weighted by atomic mass is 10.1. The summed E-state index contributed by atoms with van der Waals surface area (Å²) < 4.78 is 18.7. The SMILES string of the molecule is O=C1NC(=Nc2ccc(F)cc2)SC1=Cc1ccc(-c2ccc([N+](=O)[O-])cc2)o1. The molecule has 0 radical (unpaired) electrons. The van der Waals surface area contributed by atoms with Crippen molar-refractivity contribution in [1.29, 1.82) is 0 Å². The molecule has 1 amide bonds. The Bertz CT molecular complexity index is 1150. The molecular weight excluding hydrogens is 397 g/mol. The molecular formula is C20H12FN3O4S. The Balaban J connectivity index is 1.52. The van der Waals surface area contributed by atoms with Crippen LogP contribution < -0.4 is 5.32 Å². The highest BCUT2D eigenvalue weighted by Gasteiger charge is 2.24. The van der Waals surface area contributed by atoms with E-state index in [9.17, 15) is 19.3 Å². The number of amides is 1. The van der Waals surface area contributed by atoms with Gasteiger partial charge in [0.1, 0.15) is 17.3 Å². The minimum atomic E-state index is -0.469. The molecule has 0 unspecified atom stereocenters. The smallest absolute Gasteiger partial charge is 0.269 e. The van der Waals surface area contributed by atoms with Crippen molar-refractivity contribution in [3.8, 4) is 11.3 Å². The average Bonchev–Trinajstić information content (AvgIpc) is 3.31. The van der Waals surface area contributed by atoms with Gasteiger partial charge >= 0.3 is 0 Å². The number of rotatable bonds is 4. The molecule has 0 aliphatic carbocycles. The molecule has 1 aliphatic rings. The summed E-state index contributed by atoms with van der Waals surface area (Å²) in [5, 5.41) is 13.8. The molecule has 144 valence electrons. The van der Waals surface area contributed by atoms with Crippen LogP contribution in [0, 0.1) is 15.9 Å². The maximum absolute atomic E-state index is 13.0. The highest BCUT2D eigenvalue weighted by Crippen LogP contribution is 2.30. The number of amidine groups is 1. The highest BCUT2D eigenvalue weighted by atomic mass is 32.2. The van der Waals surface area contributed by atoms with E-state index in [0.717, 1.165) is 11.8 Å². The Hall–Kier alpha value is -3.72. The number of aliphatic imine (C=N–C) groups is 1. The first kappa shape index (κ1) is 18.6. The summed E-state index contributed by atoms with van der Waals surface area (Å²) in [6, 6.07) is 15.0. The number of halogens is 1. The van der Waals surface area contributed by atoms with Crippen LogP contribution in [0.25, 0.3) is 17.4 Å². The van der Waals surface area contributed by atoms with Crippen molar-refractivity contribution in [2.45, 2.75) is 0 Å². The van der Waals surface area contributed by atoms with Crippen molar-refractivity contribution < 1.29 is 18.5 Å². The molecule has 0 spiro atoms. The summed E-state index contributed by atoms with van der Waals surface area (Å²) in [7, 11) is 0. The summed E-state index contributed by atoms with van der Waals surface area (Å²) in [5.74, 6) is 0.304. The molecule has 2 aromatic carbocycles. The van der Waals surface area contributed by atoms with Gasteiger partial charge in [-0.05, 0) is 60.3 Å². The second-order valence-electron chi connectivity index (χ2n) is 5.96. The van der Waals surface area contributed by atoms with E-state index in [2.05, 4.69) is 10.3 Å². The predicted octanol–water partition coefficient (Wildman–Crippen LogP) is 4.89. The fourth-order valence-corrected chi connectivity index (χ4v) is 3.40. The molecule has 0 bridgehead atoms. The Morgan fingerprint density at radius 1 is 1.07 bits per heavy atom. The number of hydrogen-bond acceptors (Lipinski definition) is 6. The average molecular weight is 409 g/mol. The first-order chi connectivity index (χ1) is 14.0. The number of thioether (sulfide) groups is 1. The minimum absolute atomic E-state index is 0.00496. The van der Waals surface area contributed by atoms with Crippen LogP contribution in [0.1, 0.15) is 5.76 Å². The van der Waals surface area contributed by atoms with Crippen LogP contribution in [0.5, 0.6) is 0 Å². The van der Waals surface area contributed by atoms with E-state index >= 15 is 0 Å². The maximum atomic E-state index is 13.0. The van der Waals surface area contributed by atoms with Crippen molar-refractivity contribution in [1.82, 2.24) is 5.32 Å². The van der Waals surface area contributed by atoms with Gasteiger partial charge in [-0.1, -0.05) is 0 Å². The lowest BCUT2D eigenvalue weighted by molar-refractivity contribution is -0.384. The Morgan fingerprint density at radius 3 is 2.48 bits per heavy atom. The van der Waals surface area contributed by atoms with E-state index in [1.54, 1.807) is 30.3 Å². The number of nitrogens with zero attached hydrogens (tertiary/aromatic N) is 2. The van der Waals surface area contributed by atoms with E-state index in [1.807, 2.05) is 0 Å². The normalized spacial score (nSPS) is 16.4. The van der Waals surface area contributed by atoms with Crippen LogP contribution in [0.2, 0.25) is 0 Å². The van der Waals surface area contributed by atoms with Gasteiger partial charge in [0.25, 0.3) is 11.6 Å². The maximum Gasteiger partial charge on any atom is 0.269 e. The van der Waals surface area contributed by atoms with Crippen molar-refractivity contribution in [3.63, 3.8) is 0 Å². The Labute approximate surface area is 168 Å². The van der Waals surface area contributed by atoms with Gasteiger partial charge in [0.05, 0.1) is 15.5 Å². The third kappa shape index (κ3) is 4.25. The fraction of sp³-hybridized carbons (Fsp3) is 0. The number of non-ortho nitro benzene ring substituents is 1. The van der Waals surface area contributed by atoms with E-state index in [1.165, 1.54) is 36.4 Å². The van der Waals surface area contributed by atoms with Gasteiger partial charge in [-0.3, -0.25) is 14.9 Å². The first-order valence-corrected chi connectivity index (χ1v) is 9.19. The van der Waals surface area contributed by atoms with Crippen molar-refractivity contribution in [2.75, 3.05) is 0 Å². The molecule has 7 nitrogen and oxygen atoms in total. The number of carbonyl (C=O) groups is 1. The van der Waals surface area contributed by atoms with Gasteiger partial charge in [-0.15, -0.1) is 0 Å². The molecule has 4 rings (SSSR count). The zero-order valence-corrected chi connectivity index (χ0v) is 15.5. The largest absolute Gasteiger partial charge is 0.457 e. The van der Waals surface area contributed by atoms with E-state index in [0.29, 0.717) is 32.8 Å². The number of benzene rings is 2. The quantitative estimate of drug-likeness (QED) is 0.376. The molecule has 0 saturated carbocycles. The summed E-state index contributed by atoms with van der Waals surface area (Å²) in [6.45, 7) is 0. The van der Waals surface area contributed by atoms with Gasteiger partial charge in [-0.25, -0.2) is 9.38 Å². The summed E-state index contributed by atoms with van der Waals surface area (Å²) in [6.07, 6.45) is 1.59. The zero-order valence-electron chi connectivity index (χ0n) is 14.7. The third-order valence-corrected chi connectivity index (χ3v) is 4.88. The predicted molar refractivity (Wildman–Crippen MR) is 108 cm³/mol. The van der Waals surface area contributed by atoms with Gasteiger partial charge in [-0.2, -0.15) is 0 Å². The lowest BCUT2D eigenvalue weighted by Gasteiger charge is -1.96. The second-order valence-corrected chi connectivity index (χ2v) is 6.99. The summed E-state index contributed by atoms with van der Waals surface area (Å²) in [5.41, 5.74) is 1.20. The number of nitro benzene ring substituents is 1. The Morgan fingerprint density at radius 2 is 1.79 bits per heavy atom. The lowest BCUT2D eigenvalue weighted by Crippen LogP contribution is -2.19. The highest BCUT2D eigenvalue weighted by molar-refractivity contribution is 8.18. The summed E-state index contributed by atoms with van der Waals surface area (Å²) >= 11 is 1.14. The molecule has 2 heterocycles. The van der Waals surface area contributed by atoms with Gasteiger partial charge < -0.3 is 9.73 Å². The molecule has 29 heavy (non-hydrogen) atoms.